The lowest BCUT2D eigenvalue weighted by Gasteiger charge is -2.25. The van der Waals surface area contributed by atoms with Crippen molar-refractivity contribution in [2.24, 2.45) is 0 Å². The normalized spacial score (nSPS) is 24.3. The number of carbonyl (C=O) groups is 1. The van der Waals surface area contributed by atoms with Gasteiger partial charge in [0.2, 0.25) is 0 Å². The lowest BCUT2D eigenvalue weighted by atomic mass is 10.1. The fourth-order valence-corrected chi connectivity index (χ4v) is 6.50. The van der Waals surface area contributed by atoms with Crippen LogP contribution < -0.4 is 21.0 Å². The fraction of sp³-hybridized carbons (Fsp3) is 0.476. The number of nitrogens with one attached hydrogen (secondary N) is 1. The molecule has 0 amide bonds. The summed E-state index contributed by atoms with van der Waals surface area (Å²) in [5, 5.41) is 11.0. The predicted octanol–water partition coefficient (Wildman–Crippen LogP) is 3.03. The zero-order valence-electron chi connectivity index (χ0n) is 19.6. The third kappa shape index (κ3) is 7.30. The van der Waals surface area contributed by atoms with E-state index in [1.54, 1.807) is 26.0 Å². The number of halogens is 2. The van der Waals surface area contributed by atoms with Gasteiger partial charge in [-0.15, -0.1) is 11.8 Å². The third-order valence-corrected chi connectivity index (χ3v) is 8.63. The average Bonchev–Trinajstić information content (AvgIpc) is 3.07. The van der Waals surface area contributed by atoms with Crippen molar-refractivity contribution >= 4 is 47.2 Å². The molecular formula is C21H27BrFN4O7PS. The Morgan fingerprint density at radius 3 is 2.61 bits per heavy atom. The highest BCUT2D eigenvalue weighted by atomic mass is 79.9. The van der Waals surface area contributed by atoms with Gasteiger partial charge in [-0.1, -0.05) is 15.9 Å². The molecule has 4 N–H and O–H groups in total. The van der Waals surface area contributed by atoms with Gasteiger partial charge in [-0.3, -0.25) is 13.9 Å². The number of rotatable bonds is 10. The third-order valence-electron chi connectivity index (χ3n) is 4.92. The number of hydrogen-bond acceptors (Lipinski definition) is 10. The van der Waals surface area contributed by atoms with Crippen LogP contribution in [0.5, 0.6) is 5.75 Å². The number of carbonyl (C=O) groups excluding carboxylic acids is 1. The number of alkyl halides is 1. The van der Waals surface area contributed by atoms with Gasteiger partial charge in [-0.2, -0.15) is 10.1 Å². The maximum Gasteiger partial charge on any atom is 0.459 e. The molecule has 0 aliphatic carbocycles. The van der Waals surface area contributed by atoms with E-state index >= 15 is 0 Å². The maximum atomic E-state index is 14.9. The summed E-state index contributed by atoms with van der Waals surface area (Å²) in [5.41, 5.74) is 4.72. The molecule has 36 heavy (non-hydrogen) atoms. The minimum Gasteiger partial charge on any atom is -0.462 e. The standard InChI is InChI=1S/C21H27BrFN4O7PS/c1-11(2)33-20(29)12(3)26-35(31,34-14-6-4-13(22)5-7-14)32-10-15-18(28)17(23)19(36-15)27-9-8-16(24)25-21(27)30/h4-9,11-12,15,17-19,28H,10H2,1-3H3,(H,26,31)(H2,24,25,30)/t12-,15+,17-,18+,19+,35?/m0/s1. The summed E-state index contributed by atoms with van der Waals surface area (Å²) in [5.74, 6) is -0.515. The lowest BCUT2D eigenvalue weighted by Crippen LogP contribution is -2.37. The number of ether oxygens (including phenoxy) is 1. The molecule has 1 aromatic carbocycles. The van der Waals surface area contributed by atoms with Crippen LogP contribution in [0.15, 0.2) is 45.8 Å². The highest BCUT2D eigenvalue weighted by molar-refractivity contribution is 9.10. The molecule has 2 heterocycles. The molecule has 2 aromatic rings. The number of nitrogens with zero attached hydrogens (tertiary/aromatic N) is 2. The Balaban J connectivity index is 1.76. The number of thioether (sulfide) groups is 1. The van der Waals surface area contributed by atoms with Gasteiger partial charge in [-0.05, 0) is 51.1 Å². The Labute approximate surface area is 219 Å². The number of nitrogens with two attached hydrogens (primary N) is 1. The summed E-state index contributed by atoms with van der Waals surface area (Å²) in [6.07, 6.45) is -2.50. The number of esters is 1. The van der Waals surface area contributed by atoms with E-state index in [1.807, 2.05) is 0 Å². The number of anilines is 1. The van der Waals surface area contributed by atoms with Crippen molar-refractivity contribution in [2.75, 3.05) is 12.3 Å². The average molecular weight is 609 g/mol. The van der Waals surface area contributed by atoms with Crippen LogP contribution in [0.4, 0.5) is 10.2 Å². The number of nitrogen functional groups attached to an aromatic ring is 1. The predicted molar refractivity (Wildman–Crippen MR) is 136 cm³/mol. The molecule has 1 aliphatic heterocycles. The van der Waals surface area contributed by atoms with E-state index in [4.69, 9.17) is 19.5 Å². The molecule has 0 spiro atoms. The Kier molecular flexibility index (Phi) is 9.58. The van der Waals surface area contributed by atoms with Crippen molar-refractivity contribution in [1.82, 2.24) is 14.6 Å². The summed E-state index contributed by atoms with van der Waals surface area (Å²) in [7, 11) is -4.23. The molecule has 1 fully saturated rings. The van der Waals surface area contributed by atoms with E-state index in [0.717, 1.165) is 20.8 Å². The molecule has 15 heteroatoms. The zero-order chi connectivity index (χ0) is 26.6. The fourth-order valence-electron chi connectivity index (χ4n) is 3.20. The molecule has 1 unspecified atom stereocenters. The van der Waals surface area contributed by atoms with Crippen LogP contribution in [-0.4, -0.2) is 56.9 Å². The molecule has 0 radical (unpaired) electrons. The van der Waals surface area contributed by atoms with Gasteiger partial charge in [0, 0.05) is 10.7 Å². The molecule has 1 aliphatic rings. The molecule has 1 aromatic heterocycles. The summed E-state index contributed by atoms with van der Waals surface area (Å²) in [4.78, 5) is 28.0. The minimum atomic E-state index is -4.23. The topological polar surface area (TPSA) is 155 Å². The second-order valence-electron chi connectivity index (χ2n) is 8.22. The van der Waals surface area contributed by atoms with Crippen molar-refractivity contribution in [2.45, 2.75) is 55.8 Å². The van der Waals surface area contributed by atoms with Gasteiger partial charge in [0.25, 0.3) is 0 Å². The van der Waals surface area contributed by atoms with E-state index in [1.165, 1.54) is 31.3 Å². The highest BCUT2D eigenvalue weighted by Gasteiger charge is 2.46. The second-order valence-corrected chi connectivity index (χ2v) is 12.2. The molecular weight excluding hydrogens is 582 g/mol. The molecule has 0 saturated carbocycles. The van der Waals surface area contributed by atoms with Crippen molar-refractivity contribution in [1.29, 1.82) is 0 Å². The van der Waals surface area contributed by atoms with Crippen molar-refractivity contribution in [3.8, 4) is 5.75 Å². The lowest BCUT2D eigenvalue weighted by molar-refractivity contribution is -0.149. The van der Waals surface area contributed by atoms with Crippen LogP contribution in [0.2, 0.25) is 0 Å². The van der Waals surface area contributed by atoms with Gasteiger partial charge in [0.15, 0.2) is 6.17 Å². The first-order valence-corrected chi connectivity index (χ1v) is 14.2. The van der Waals surface area contributed by atoms with Gasteiger partial charge in [0.05, 0.1) is 18.0 Å². The molecule has 198 valence electrons. The Morgan fingerprint density at radius 1 is 1.33 bits per heavy atom. The van der Waals surface area contributed by atoms with Crippen molar-refractivity contribution < 1.29 is 32.6 Å². The number of benzene rings is 1. The van der Waals surface area contributed by atoms with E-state index in [9.17, 15) is 23.7 Å². The van der Waals surface area contributed by atoms with Crippen LogP contribution in [0.25, 0.3) is 0 Å². The Hall–Kier alpha value is -1.96. The van der Waals surface area contributed by atoms with Crippen molar-refractivity contribution in [3.05, 3.63) is 51.5 Å². The second kappa shape index (κ2) is 12.1. The first kappa shape index (κ1) is 28.6. The Bertz CT molecular complexity index is 1170. The van der Waals surface area contributed by atoms with E-state index in [2.05, 4.69) is 26.0 Å². The smallest absolute Gasteiger partial charge is 0.459 e. The summed E-state index contributed by atoms with van der Waals surface area (Å²) in [6, 6.07) is 6.65. The summed E-state index contributed by atoms with van der Waals surface area (Å²) < 4.78 is 46.6. The summed E-state index contributed by atoms with van der Waals surface area (Å²) in [6.45, 7) is 4.35. The molecule has 3 rings (SSSR count). The minimum absolute atomic E-state index is 0.0164. The highest BCUT2D eigenvalue weighted by Crippen LogP contribution is 2.49. The number of aliphatic hydroxyl groups excluding tert-OH is 1. The Morgan fingerprint density at radius 2 is 2.00 bits per heavy atom. The van der Waals surface area contributed by atoms with Gasteiger partial charge < -0.3 is 20.1 Å². The first-order valence-electron chi connectivity index (χ1n) is 10.9. The van der Waals surface area contributed by atoms with Crippen LogP contribution in [0.3, 0.4) is 0 Å². The van der Waals surface area contributed by atoms with Gasteiger partial charge in [-0.25, -0.2) is 13.8 Å². The van der Waals surface area contributed by atoms with Crippen LogP contribution in [0.1, 0.15) is 26.1 Å². The van der Waals surface area contributed by atoms with Gasteiger partial charge in [0.1, 0.15) is 29.1 Å². The molecule has 11 nitrogen and oxygen atoms in total. The quantitative estimate of drug-likeness (QED) is 0.269. The number of aromatic nitrogens is 2. The van der Waals surface area contributed by atoms with Crippen molar-refractivity contribution in [3.63, 3.8) is 0 Å². The van der Waals surface area contributed by atoms with Crippen LogP contribution >= 0.6 is 35.4 Å². The number of aliphatic hydroxyl groups is 1. The molecule has 1 saturated heterocycles. The first-order chi connectivity index (χ1) is 16.9. The molecule has 6 atom stereocenters. The SMILES string of the molecule is CC(C)OC(=O)[C@H](C)NP(=O)(OC[C@H]1S[C@@H](n2ccc(N)nc2=O)[C@@H](F)[C@@H]1O)Oc1ccc(Br)cc1. The van der Waals surface area contributed by atoms with E-state index < -0.39 is 61.1 Å². The van der Waals surface area contributed by atoms with Crippen LogP contribution in [0, 0.1) is 0 Å². The van der Waals surface area contributed by atoms with Crippen LogP contribution in [-0.2, 0) is 18.6 Å². The van der Waals surface area contributed by atoms with Gasteiger partial charge >= 0.3 is 19.4 Å². The monoisotopic (exact) mass is 608 g/mol. The zero-order valence-corrected chi connectivity index (χ0v) is 22.9. The maximum absolute atomic E-state index is 14.9. The van der Waals surface area contributed by atoms with E-state index in [-0.39, 0.29) is 11.6 Å². The largest absolute Gasteiger partial charge is 0.462 e. The number of hydrogen-bond donors (Lipinski definition) is 3. The summed E-state index contributed by atoms with van der Waals surface area (Å²) >= 11 is 4.21. The van der Waals surface area contributed by atoms with E-state index in [0.29, 0.717) is 0 Å². The molecule has 0 bridgehead atoms.